The van der Waals surface area contributed by atoms with Crippen LogP contribution in [0.3, 0.4) is 0 Å². The normalized spacial score (nSPS) is 57.9. The first-order valence-corrected chi connectivity index (χ1v) is 6.74. The van der Waals surface area contributed by atoms with Gasteiger partial charge in [-0.1, -0.05) is 0 Å². The summed E-state index contributed by atoms with van der Waals surface area (Å²) < 4.78 is 11.2. The number of aliphatic hydroxyl groups excluding tert-OH is 1. The average molecular weight is 224 g/mol. The van der Waals surface area contributed by atoms with Crippen molar-refractivity contribution in [1.82, 2.24) is 0 Å². The van der Waals surface area contributed by atoms with Crippen molar-refractivity contribution in [3.05, 3.63) is 0 Å². The number of hydrogen-bond acceptors (Lipinski definition) is 3. The van der Waals surface area contributed by atoms with E-state index in [0.29, 0.717) is 24.0 Å². The predicted molar refractivity (Wildman–Crippen MR) is 57.9 cm³/mol. The van der Waals surface area contributed by atoms with E-state index in [0.717, 1.165) is 31.5 Å². The summed E-state index contributed by atoms with van der Waals surface area (Å²) in [5, 5.41) is 10.0. The van der Waals surface area contributed by atoms with Gasteiger partial charge in [-0.25, -0.2) is 0 Å². The summed E-state index contributed by atoms with van der Waals surface area (Å²) in [6.45, 7) is 1.66. The summed E-state index contributed by atoms with van der Waals surface area (Å²) in [7, 11) is 0. The second-order valence-corrected chi connectivity index (χ2v) is 6.11. The maximum absolute atomic E-state index is 10.0. The van der Waals surface area contributed by atoms with Crippen LogP contribution in [0.2, 0.25) is 0 Å². The van der Waals surface area contributed by atoms with E-state index in [4.69, 9.17) is 9.47 Å². The molecular formula is C13H20O3. The van der Waals surface area contributed by atoms with Crippen LogP contribution in [-0.4, -0.2) is 36.6 Å². The molecule has 1 heterocycles. The van der Waals surface area contributed by atoms with E-state index in [1.54, 1.807) is 0 Å². The number of aliphatic hydroxyl groups is 1. The van der Waals surface area contributed by atoms with E-state index >= 15 is 0 Å². The SMILES string of the molecule is OC1CCC2C3CC(OCC4CO4)C(C3)C12. The molecule has 2 bridgehead atoms. The van der Waals surface area contributed by atoms with Crippen LogP contribution in [0.15, 0.2) is 0 Å². The molecule has 1 aliphatic heterocycles. The second kappa shape index (κ2) is 3.44. The van der Waals surface area contributed by atoms with Gasteiger partial charge >= 0.3 is 0 Å². The zero-order valence-corrected chi connectivity index (χ0v) is 9.55. The number of ether oxygens (including phenoxy) is 2. The predicted octanol–water partition coefficient (Wildman–Crippen LogP) is 1.20. The van der Waals surface area contributed by atoms with Gasteiger partial charge in [0.15, 0.2) is 0 Å². The molecule has 0 aromatic rings. The molecule has 1 saturated heterocycles. The Balaban J connectivity index is 1.44. The maximum Gasteiger partial charge on any atom is 0.104 e. The molecule has 0 spiro atoms. The highest BCUT2D eigenvalue weighted by Gasteiger charge is 2.57. The highest BCUT2D eigenvalue weighted by atomic mass is 16.6. The van der Waals surface area contributed by atoms with E-state index in [1.165, 1.54) is 19.3 Å². The molecule has 4 aliphatic rings. The molecule has 16 heavy (non-hydrogen) atoms. The molecule has 0 aromatic heterocycles. The first-order chi connectivity index (χ1) is 7.83. The van der Waals surface area contributed by atoms with Crippen LogP contribution in [0.1, 0.15) is 25.7 Å². The minimum Gasteiger partial charge on any atom is -0.393 e. The van der Waals surface area contributed by atoms with Gasteiger partial charge in [0.1, 0.15) is 6.10 Å². The molecule has 0 radical (unpaired) electrons. The van der Waals surface area contributed by atoms with Gasteiger partial charge in [0.05, 0.1) is 25.4 Å². The lowest BCUT2D eigenvalue weighted by Crippen LogP contribution is -2.35. The van der Waals surface area contributed by atoms with Crippen LogP contribution in [0.5, 0.6) is 0 Å². The van der Waals surface area contributed by atoms with Crippen molar-refractivity contribution in [2.75, 3.05) is 13.2 Å². The van der Waals surface area contributed by atoms with Crippen LogP contribution in [-0.2, 0) is 9.47 Å². The van der Waals surface area contributed by atoms with Crippen LogP contribution < -0.4 is 0 Å². The third-order valence-corrected chi connectivity index (χ3v) is 5.32. The Morgan fingerprint density at radius 3 is 2.88 bits per heavy atom. The smallest absolute Gasteiger partial charge is 0.104 e. The molecule has 3 heteroatoms. The fraction of sp³-hybridized carbons (Fsp3) is 1.00. The fourth-order valence-corrected chi connectivity index (χ4v) is 4.60. The number of hydrogen-bond donors (Lipinski definition) is 1. The Kier molecular flexibility index (Phi) is 2.12. The molecule has 7 unspecified atom stereocenters. The number of rotatable bonds is 3. The van der Waals surface area contributed by atoms with Crippen molar-refractivity contribution in [2.24, 2.45) is 23.7 Å². The van der Waals surface area contributed by atoms with Gasteiger partial charge in [-0.2, -0.15) is 0 Å². The fourth-order valence-electron chi connectivity index (χ4n) is 4.60. The Morgan fingerprint density at radius 1 is 1.19 bits per heavy atom. The third kappa shape index (κ3) is 1.38. The Morgan fingerprint density at radius 2 is 2.06 bits per heavy atom. The van der Waals surface area contributed by atoms with Crippen molar-refractivity contribution in [3.8, 4) is 0 Å². The minimum atomic E-state index is -0.0384. The minimum absolute atomic E-state index is 0.0384. The molecule has 1 N–H and O–H groups in total. The molecule has 3 saturated carbocycles. The van der Waals surface area contributed by atoms with Gasteiger partial charge in [0.2, 0.25) is 0 Å². The second-order valence-electron chi connectivity index (χ2n) is 6.11. The highest BCUT2D eigenvalue weighted by Crippen LogP contribution is 2.59. The van der Waals surface area contributed by atoms with E-state index < -0.39 is 0 Å². The quantitative estimate of drug-likeness (QED) is 0.732. The van der Waals surface area contributed by atoms with E-state index in [9.17, 15) is 5.11 Å². The van der Waals surface area contributed by atoms with Gasteiger partial charge in [0, 0.05) is 0 Å². The van der Waals surface area contributed by atoms with Crippen molar-refractivity contribution < 1.29 is 14.6 Å². The molecule has 4 fully saturated rings. The molecule has 7 atom stereocenters. The average Bonchev–Trinajstić information content (AvgIpc) is 2.74. The topological polar surface area (TPSA) is 42.0 Å². The van der Waals surface area contributed by atoms with Gasteiger partial charge in [0.25, 0.3) is 0 Å². The lowest BCUT2D eigenvalue weighted by molar-refractivity contribution is -0.0376. The van der Waals surface area contributed by atoms with Gasteiger partial charge in [-0.05, 0) is 49.4 Å². The first-order valence-electron chi connectivity index (χ1n) is 6.74. The Bertz CT molecular complexity index is 289. The Hall–Kier alpha value is -0.120. The monoisotopic (exact) mass is 224 g/mol. The molecular weight excluding hydrogens is 204 g/mol. The summed E-state index contributed by atoms with van der Waals surface area (Å²) in [5.74, 6) is 2.87. The largest absolute Gasteiger partial charge is 0.393 e. The summed E-state index contributed by atoms with van der Waals surface area (Å²) in [5.41, 5.74) is 0. The molecule has 3 aliphatic carbocycles. The van der Waals surface area contributed by atoms with Crippen LogP contribution in [0, 0.1) is 23.7 Å². The standard InChI is InChI=1S/C13H20O3/c14-11-2-1-9-7-3-10(13(9)11)12(4-7)16-6-8-5-15-8/h7-14H,1-6H2. The molecule has 90 valence electrons. The molecule has 4 rings (SSSR count). The molecule has 0 amide bonds. The van der Waals surface area contributed by atoms with Crippen LogP contribution in [0.4, 0.5) is 0 Å². The van der Waals surface area contributed by atoms with Gasteiger partial charge < -0.3 is 14.6 Å². The highest BCUT2D eigenvalue weighted by molar-refractivity contribution is 5.06. The van der Waals surface area contributed by atoms with E-state index in [2.05, 4.69) is 0 Å². The first kappa shape index (κ1) is 9.86. The van der Waals surface area contributed by atoms with Crippen LogP contribution >= 0.6 is 0 Å². The lowest BCUT2D eigenvalue weighted by Gasteiger charge is -2.32. The van der Waals surface area contributed by atoms with Crippen molar-refractivity contribution >= 4 is 0 Å². The van der Waals surface area contributed by atoms with E-state index in [1.807, 2.05) is 0 Å². The summed E-state index contributed by atoms with van der Waals surface area (Å²) in [6.07, 6.45) is 5.59. The summed E-state index contributed by atoms with van der Waals surface area (Å²) in [4.78, 5) is 0. The van der Waals surface area contributed by atoms with E-state index in [-0.39, 0.29) is 6.10 Å². The lowest BCUT2D eigenvalue weighted by atomic mass is 9.79. The van der Waals surface area contributed by atoms with Gasteiger partial charge in [-0.3, -0.25) is 0 Å². The Labute approximate surface area is 96.1 Å². The zero-order chi connectivity index (χ0) is 10.7. The number of fused-ring (bicyclic) bond motifs is 5. The van der Waals surface area contributed by atoms with Crippen molar-refractivity contribution in [1.29, 1.82) is 0 Å². The molecule has 3 nitrogen and oxygen atoms in total. The van der Waals surface area contributed by atoms with Gasteiger partial charge in [-0.15, -0.1) is 0 Å². The summed E-state index contributed by atoms with van der Waals surface area (Å²) in [6, 6.07) is 0. The molecule has 0 aromatic carbocycles. The maximum atomic E-state index is 10.0. The zero-order valence-electron chi connectivity index (χ0n) is 9.55. The van der Waals surface area contributed by atoms with Crippen LogP contribution in [0.25, 0.3) is 0 Å². The van der Waals surface area contributed by atoms with Crippen molar-refractivity contribution in [2.45, 2.75) is 44.0 Å². The summed E-state index contributed by atoms with van der Waals surface area (Å²) >= 11 is 0. The van der Waals surface area contributed by atoms with Crippen molar-refractivity contribution in [3.63, 3.8) is 0 Å². The third-order valence-electron chi connectivity index (χ3n) is 5.32. The number of epoxide rings is 1.